The van der Waals surface area contributed by atoms with E-state index in [-0.39, 0.29) is 11.3 Å². The largest absolute Gasteiger partial charge is 0.573 e. The number of nitrogen functional groups attached to an aromatic ring is 1. The van der Waals surface area contributed by atoms with Gasteiger partial charge in [0.15, 0.2) is 5.75 Å². The molecule has 7 heteroatoms. The van der Waals surface area contributed by atoms with Crippen molar-refractivity contribution in [3.63, 3.8) is 0 Å². The van der Waals surface area contributed by atoms with E-state index in [9.17, 15) is 18.0 Å². The normalized spacial score (nSPS) is 11.2. The molecule has 4 nitrogen and oxygen atoms in total. The molecule has 0 fully saturated rings. The zero-order valence-corrected chi connectivity index (χ0v) is 7.91. The summed E-state index contributed by atoms with van der Waals surface area (Å²) in [5.74, 6) is -1.74. The minimum absolute atomic E-state index is 0.181. The third-order valence-corrected chi connectivity index (χ3v) is 1.66. The summed E-state index contributed by atoms with van der Waals surface area (Å²) in [7, 11) is 0. The smallest absolute Gasteiger partial charge is 0.481 e. The Morgan fingerprint density at radius 2 is 2.06 bits per heavy atom. The van der Waals surface area contributed by atoms with Gasteiger partial charge in [-0.25, -0.2) is 0 Å². The molecule has 0 radical (unpaired) electrons. The van der Waals surface area contributed by atoms with Crippen LogP contribution in [0.15, 0.2) is 18.2 Å². The highest BCUT2D eigenvalue weighted by Crippen LogP contribution is 2.29. The first-order valence-corrected chi connectivity index (χ1v) is 4.14. The first kappa shape index (κ1) is 12.2. The molecule has 0 heterocycles. The van der Waals surface area contributed by atoms with Crippen molar-refractivity contribution >= 4 is 11.7 Å². The Balaban J connectivity index is 2.95. The summed E-state index contributed by atoms with van der Waals surface area (Å²) < 4.78 is 39.4. The van der Waals surface area contributed by atoms with Crippen LogP contribution in [0.4, 0.5) is 18.9 Å². The van der Waals surface area contributed by atoms with Crippen LogP contribution in [0.5, 0.6) is 5.75 Å². The quantitative estimate of drug-likeness (QED) is 0.783. The molecule has 3 N–H and O–H groups in total. The second-order valence-corrected chi connectivity index (χ2v) is 2.99. The molecule has 1 rings (SSSR count). The van der Waals surface area contributed by atoms with Gasteiger partial charge in [0, 0.05) is 0 Å². The zero-order chi connectivity index (χ0) is 12.3. The highest BCUT2D eigenvalue weighted by molar-refractivity contribution is 5.71. The second kappa shape index (κ2) is 4.30. The number of aliphatic carboxylic acids is 1. The van der Waals surface area contributed by atoms with Crippen molar-refractivity contribution in [1.29, 1.82) is 0 Å². The maximum absolute atomic E-state index is 11.9. The first-order chi connectivity index (χ1) is 7.28. The van der Waals surface area contributed by atoms with E-state index in [0.29, 0.717) is 0 Å². The fraction of sp³-hybridized carbons (Fsp3) is 0.222. The molecule has 88 valence electrons. The Kier molecular flexibility index (Phi) is 3.26. The molecule has 0 atom stereocenters. The van der Waals surface area contributed by atoms with Crippen LogP contribution in [-0.2, 0) is 11.2 Å². The van der Waals surface area contributed by atoms with Crippen LogP contribution in [0.3, 0.4) is 0 Å². The maximum atomic E-state index is 11.9. The highest BCUT2D eigenvalue weighted by Gasteiger charge is 2.32. The Morgan fingerprint density at radius 1 is 1.44 bits per heavy atom. The SMILES string of the molecule is Nc1ccc(CC(=O)O)cc1OC(F)(F)F. The summed E-state index contributed by atoms with van der Waals surface area (Å²) >= 11 is 0. The van der Waals surface area contributed by atoms with Crippen LogP contribution >= 0.6 is 0 Å². The van der Waals surface area contributed by atoms with E-state index in [0.717, 1.165) is 6.07 Å². The zero-order valence-electron chi connectivity index (χ0n) is 7.91. The number of carboxylic acid groups (broad SMARTS) is 1. The second-order valence-electron chi connectivity index (χ2n) is 2.99. The fourth-order valence-electron chi connectivity index (χ4n) is 1.08. The molecular weight excluding hydrogens is 227 g/mol. The fourth-order valence-corrected chi connectivity index (χ4v) is 1.08. The van der Waals surface area contributed by atoms with E-state index in [1.54, 1.807) is 0 Å². The molecule has 0 amide bonds. The van der Waals surface area contributed by atoms with Gasteiger partial charge in [-0.1, -0.05) is 6.07 Å². The molecule has 0 unspecified atom stereocenters. The number of nitrogens with two attached hydrogens (primary N) is 1. The third kappa shape index (κ3) is 3.68. The molecule has 0 aromatic heterocycles. The average Bonchev–Trinajstić information content (AvgIpc) is 2.07. The topological polar surface area (TPSA) is 72.6 Å². The molecule has 0 aliphatic rings. The van der Waals surface area contributed by atoms with Crippen LogP contribution in [0.1, 0.15) is 5.56 Å². The Morgan fingerprint density at radius 3 is 2.56 bits per heavy atom. The van der Waals surface area contributed by atoms with Gasteiger partial charge in [0.25, 0.3) is 0 Å². The van der Waals surface area contributed by atoms with E-state index in [2.05, 4.69) is 4.74 Å². The van der Waals surface area contributed by atoms with E-state index in [1.807, 2.05) is 0 Å². The van der Waals surface area contributed by atoms with E-state index >= 15 is 0 Å². The van der Waals surface area contributed by atoms with Crippen LogP contribution < -0.4 is 10.5 Å². The average molecular weight is 235 g/mol. The highest BCUT2D eigenvalue weighted by atomic mass is 19.4. The van der Waals surface area contributed by atoms with Crippen LogP contribution in [-0.4, -0.2) is 17.4 Å². The van der Waals surface area contributed by atoms with Crippen molar-refractivity contribution in [3.8, 4) is 5.75 Å². The van der Waals surface area contributed by atoms with Crippen molar-refractivity contribution < 1.29 is 27.8 Å². The Labute approximate surface area is 88.4 Å². The number of anilines is 1. The number of ether oxygens (including phenoxy) is 1. The molecule has 1 aromatic rings. The summed E-state index contributed by atoms with van der Waals surface area (Å²) in [6.07, 6.45) is -5.25. The standard InChI is InChI=1S/C9H8F3NO3/c10-9(11,12)16-7-3-5(4-8(14)15)1-2-6(7)13/h1-3H,4,13H2,(H,14,15). The number of hydrogen-bond donors (Lipinski definition) is 2. The van der Waals surface area contributed by atoms with Crippen LogP contribution in [0.2, 0.25) is 0 Å². The lowest BCUT2D eigenvalue weighted by atomic mass is 10.1. The van der Waals surface area contributed by atoms with Gasteiger partial charge in [-0.15, -0.1) is 13.2 Å². The van der Waals surface area contributed by atoms with Crippen LogP contribution in [0.25, 0.3) is 0 Å². The predicted octanol–water partition coefficient (Wildman–Crippen LogP) is 1.79. The Bertz CT molecular complexity index is 403. The maximum Gasteiger partial charge on any atom is 0.573 e. The van der Waals surface area contributed by atoms with Gasteiger partial charge >= 0.3 is 12.3 Å². The molecule has 0 spiro atoms. The minimum Gasteiger partial charge on any atom is -0.481 e. The van der Waals surface area contributed by atoms with Gasteiger partial charge < -0.3 is 15.6 Å². The number of benzene rings is 1. The summed E-state index contributed by atoms with van der Waals surface area (Å²) in [6.45, 7) is 0. The van der Waals surface area contributed by atoms with Crippen molar-refractivity contribution in [2.75, 3.05) is 5.73 Å². The van der Waals surface area contributed by atoms with Crippen molar-refractivity contribution in [3.05, 3.63) is 23.8 Å². The van der Waals surface area contributed by atoms with E-state index in [4.69, 9.17) is 10.8 Å². The molecule has 0 bridgehead atoms. The predicted molar refractivity (Wildman–Crippen MR) is 48.9 cm³/mol. The van der Waals surface area contributed by atoms with Crippen molar-refractivity contribution in [2.45, 2.75) is 12.8 Å². The van der Waals surface area contributed by atoms with E-state index in [1.165, 1.54) is 12.1 Å². The summed E-state index contributed by atoms with van der Waals surface area (Å²) in [4.78, 5) is 10.4. The molecule has 1 aromatic carbocycles. The number of carboxylic acids is 1. The number of carbonyl (C=O) groups is 1. The number of hydrogen-bond acceptors (Lipinski definition) is 3. The number of rotatable bonds is 3. The Hall–Kier alpha value is -1.92. The molecule has 0 saturated heterocycles. The summed E-state index contributed by atoms with van der Waals surface area (Å²) in [6, 6.07) is 3.45. The third-order valence-electron chi connectivity index (χ3n) is 1.66. The minimum atomic E-state index is -4.85. The molecule has 0 aliphatic heterocycles. The lowest BCUT2D eigenvalue weighted by molar-refractivity contribution is -0.274. The summed E-state index contributed by atoms with van der Waals surface area (Å²) in [5.41, 5.74) is 5.23. The lowest BCUT2D eigenvalue weighted by Gasteiger charge is -2.11. The molecular formula is C9H8F3NO3. The van der Waals surface area contributed by atoms with Gasteiger partial charge in [-0.05, 0) is 17.7 Å². The number of alkyl halides is 3. The van der Waals surface area contributed by atoms with Gasteiger partial charge in [0.05, 0.1) is 12.1 Å². The lowest BCUT2D eigenvalue weighted by Crippen LogP contribution is -2.18. The summed E-state index contributed by atoms with van der Waals surface area (Å²) in [5, 5.41) is 8.47. The van der Waals surface area contributed by atoms with Crippen molar-refractivity contribution in [1.82, 2.24) is 0 Å². The van der Waals surface area contributed by atoms with Crippen molar-refractivity contribution in [2.24, 2.45) is 0 Å². The van der Waals surface area contributed by atoms with Gasteiger partial charge in [-0.3, -0.25) is 4.79 Å². The first-order valence-electron chi connectivity index (χ1n) is 4.14. The number of halogens is 3. The van der Waals surface area contributed by atoms with Gasteiger partial charge in [-0.2, -0.15) is 0 Å². The molecule has 0 saturated carbocycles. The molecule has 0 aliphatic carbocycles. The van der Waals surface area contributed by atoms with Crippen LogP contribution in [0, 0.1) is 0 Å². The van der Waals surface area contributed by atoms with E-state index < -0.39 is 24.5 Å². The van der Waals surface area contributed by atoms with Gasteiger partial charge in [0.1, 0.15) is 0 Å². The van der Waals surface area contributed by atoms with Gasteiger partial charge in [0.2, 0.25) is 0 Å². The molecule has 16 heavy (non-hydrogen) atoms. The monoisotopic (exact) mass is 235 g/mol.